The monoisotopic (exact) mass is 220 g/mol. The number of aromatic nitrogens is 1. The van der Waals surface area contributed by atoms with Crippen LogP contribution in [0.5, 0.6) is 0 Å². The van der Waals surface area contributed by atoms with Gasteiger partial charge in [0.1, 0.15) is 0 Å². The van der Waals surface area contributed by atoms with Crippen LogP contribution < -0.4 is 10.9 Å². The molecule has 1 atom stereocenters. The number of fused-ring (bicyclic) bond motifs is 1. The van der Waals surface area contributed by atoms with Crippen LogP contribution in [0.3, 0.4) is 0 Å². The fourth-order valence-electron chi connectivity index (χ4n) is 2.37. The lowest BCUT2D eigenvalue weighted by molar-refractivity contribution is 0.449. The number of hydrogen-bond donors (Lipinski definition) is 2. The van der Waals surface area contributed by atoms with Crippen LogP contribution in [-0.4, -0.2) is 11.5 Å². The third kappa shape index (κ3) is 2.53. The zero-order chi connectivity index (χ0) is 11.4. The molecule has 0 saturated carbocycles. The van der Waals surface area contributed by atoms with Gasteiger partial charge < -0.3 is 10.3 Å². The number of aromatic amines is 1. The van der Waals surface area contributed by atoms with E-state index in [-0.39, 0.29) is 5.56 Å². The summed E-state index contributed by atoms with van der Waals surface area (Å²) in [6, 6.07) is 4.06. The van der Waals surface area contributed by atoms with Crippen molar-refractivity contribution in [2.75, 3.05) is 6.54 Å². The van der Waals surface area contributed by atoms with E-state index in [4.69, 9.17) is 0 Å². The van der Waals surface area contributed by atoms with Gasteiger partial charge in [0.15, 0.2) is 0 Å². The molecule has 1 aromatic heterocycles. The van der Waals surface area contributed by atoms with Crippen LogP contribution in [0.2, 0.25) is 0 Å². The smallest absolute Gasteiger partial charge is 0.248 e. The minimum atomic E-state index is 0.0213. The first kappa shape index (κ1) is 11.4. The van der Waals surface area contributed by atoms with Gasteiger partial charge >= 0.3 is 0 Å². The largest absolute Gasteiger partial charge is 0.326 e. The third-order valence-electron chi connectivity index (χ3n) is 3.25. The fourth-order valence-corrected chi connectivity index (χ4v) is 2.37. The molecular formula is C13H20N2O. The number of hydrogen-bond acceptors (Lipinski definition) is 2. The van der Waals surface area contributed by atoms with Gasteiger partial charge in [-0.05, 0) is 37.8 Å². The molecule has 1 aromatic rings. The summed E-state index contributed by atoms with van der Waals surface area (Å²) in [5, 5.41) is 3.58. The normalized spacial score (nSPS) is 19.4. The summed E-state index contributed by atoms with van der Waals surface area (Å²) in [5.74, 6) is 0. The molecule has 0 saturated heterocycles. The topological polar surface area (TPSA) is 44.9 Å². The van der Waals surface area contributed by atoms with Gasteiger partial charge in [-0.25, -0.2) is 0 Å². The molecule has 88 valence electrons. The molecule has 0 fully saturated rings. The molecule has 0 spiro atoms. The van der Waals surface area contributed by atoms with Crippen LogP contribution >= 0.6 is 0 Å². The first-order valence-corrected chi connectivity index (χ1v) is 6.26. The molecule has 2 rings (SSSR count). The number of aryl methyl sites for hydroxylation is 1. The molecule has 3 heteroatoms. The molecule has 0 bridgehead atoms. The summed E-state index contributed by atoms with van der Waals surface area (Å²) < 4.78 is 0. The zero-order valence-corrected chi connectivity index (χ0v) is 9.88. The van der Waals surface area contributed by atoms with Crippen molar-refractivity contribution < 1.29 is 0 Å². The molecule has 16 heavy (non-hydrogen) atoms. The maximum absolute atomic E-state index is 11.2. The van der Waals surface area contributed by atoms with Gasteiger partial charge in [-0.2, -0.15) is 0 Å². The molecule has 1 aliphatic rings. The number of nitrogens with one attached hydrogen (secondary N) is 2. The molecular weight excluding hydrogens is 200 g/mol. The van der Waals surface area contributed by atoms with Crippen molar-refractivity contribution >= 4 is 0 Å². The first-order valence-electron chi connectivity index (χ1n) is 6.26. The van der Waals surface area contributed by atoms with Crippen LogP contribution in [0.15, 0.2) is 16.9 Å². The lowest BCUT2D eigenvalue weighted by atomic mass is 9.91. The van der Waals surface area contributed by atoms with Gasteiger partial charge in [0.05, 0.1) is 0 Å². The Morgan fingerprint density at radius 1 is 1.50 bits per heavy atom. The minimum Gasteiger partial charge on any atom is -0.326 e. The molecule has 1 aliphatic carbocycles. The number of pyridine rings is 1. The predicted octanol–water partition coefficient (Wildman–Crippen LogP) is 2.14. The molecule has 0 radical (unpaired) electrons. The standard InChI is InChI=1S/C13H20N2O/c1-2-3-9-14-11-5-4-6-12-10(11)7-8-13(16)15-12/h7-8,11,14H,2-6,9H2,1H3,(H,15,16). The number of rotatable bonds is 4. The van der Waals surface area contributed by atoms with E-state index in [1.807, 2.05) is 6.07 Å². The van der Waals surface area contributed by atoms with E-state index < -0.39 is 0 Å². The van der Waals surface area contributed by atoms with E-state index in [0.29, 0.717) is 6.04 Å². The highest BCUT2D eigenvalue weighted by molar-refractivity contribution is 5.26. The average Bonchev–Trinajstić information content (AvgIpc) is 2.29. The molecule has 1 unspecified atom stereocenters. The van der Waals surface area contributed by atoms with E-state index in [1.54, 1.807) is 6.07 Å². The van der Waals surface area contributed by atoms with Crippen LogP contribution in [0.4, 0.5) is 0 Å². The Labute approximate surface area is 96.3 Å². The second-order valence-corrected chi connectivity index (χ2v) is 4.51. The van der Waals surface area contributed by atoms with Crippen molar-refractivity contribution in [3.8, 4) is 0 Å². The Bertz CT molecular complexity index is 397. The SMILES string of the molecule is CCCCNC1CCCc2[nH]c(=O)ccc21. The lowest BCUT2D eigenvalue weighted by Crippen LogP contribution is -2.28. The summed E-state index contributed by atoms with van der Waals surface area (Å²) >= 11 is 0. The van der Waals surface area contributed by atoms with Crippen LogP contribution in [0.1, 0.15) is 49.9 Å². The van der Waals surface area contributed by atoms with Crippen LogP contribution in [0.25, 0.3) is 0 Å². The number of H-pyrrole nitrogens is 1. The summed E-state index contributed by atoms with van der Waals surface area (Å²) in [5.41, 5.74) is 2.45. The van der Waals surface area contributed by atoms with E-state index in [1.165, 1.54) is 24.8 Å². The van der Waals surface area contributed by atoms with Crippen molar-refractivity contribution in [2.24, 2.45) is 0 Å². The van der Waals surface area contributed by atoms with Gasteiger partial charge in [0.2, 0.25) is 5.56 Å². The predicted molar refractivity (Wildman–Crippen MR) is 65.7 cm³/mol. The summed E-state index contributed by atoms with van der Waals surface area (Å²) in [6.45, 7) is 3.27. The summed E-state index contributed by atoms with van der Waals surface area (Å²) in [7, 11) is 0. The lowest BCUT2D eigenvalue weighted by Gasteiger charge is -2.25. The maximum atomic E-state index is 11.2. The van der Waals surface area contributed by atoms with Crippen molar-refractivity contribution in [3.05, 3.63) is 33.7 Å². The van der Waals surface area contributed by atoms with Gasteiger partial charge in [0.25, 0.3) is 0 Å². The fraction of sp³-hybridized carbons (Fsp3) is 0.615. The molecule has 0 amide bonds. The maximum Gasteiger partial charge on any atom is 0.248 e. The summed E-state index contributed by atoms with van der Waals surface area (Å²) in [6.07, 6.45) is 5.80. The van der Waals surface area contributed by atoms with E-state index >= 15 is 0 Å². The van der Waals surface area contributed by atoms with Crippen molar-refractivity contribution in [2.45, 2.75) is 45.1 Å². The molecule has 2 N–H and O–H groups in total. The Morgan fingerprint density at radius 3 is 3.19 bits per heavy atom. The second-order valence-electron chi connectivity index (χ2n) is 4.51. The molecule has 0 aromatic carbocycles. The number of unbranched alkanes of at least 4 members (excludes halogenated alkanes) is 1. The van der Waals surface area contributed by atoms with Crippen molar-refractivity contribution in [1.82, 2.24) is 10.3 Å². The van der Waals surface area contributed by atoms with E-state index in [2.05, 4.69) is 17.2 Å². The van der Waals surface area contributed by atoms with Crippen LogP contribution in [0, 0.1) is 0 Å². The summed E-state index contributed by atoms with van der Waals surface area (Å²) in [4.78, 5) is 14.2. The second kappa shape index (κ2) is 5.30. The van der Waals surface area contributed by atoms with Gasteiger partial charge in [0, 0.05) is 17.8 Å². The highest BCUT2D eigenvalue weighted by Crippen LogP contribution is 2.27. The first-order chi connectivity index (χ1) is 7.81. The zero-order valence-electron chi connectivity index (χ0n) is 9.88. The van der Waals surface area contributed by atoms with Crippen molar-refractivity contribution in [1.29, 1.82) is 0 Å². The molecule has 1 heterocycles. The van der Waals surface area contributed by atoms with Crippen LogP contribution in [-0.2, 0) is 6.42 Å². The Balaban J connectivity index is 2.10. The van der Waals surface area contributed by atoms with E-state index in [9.17, 15) is 4.79 Å². The van der Waals surface area contributed by atoms with Gasteiger partial charge in [-0.1, -0.05) is 19.4 Å². The quantitative estimate of drug-likeness (QED) is 0.764. The van der Waals surface area contributed by atoms with Gasteiger partial charge in [-0.15, -0.1) is 0 Å². The Morgan fingerprint density at radius 2 is 2.38 bits per heavy atom. The average molecular weight is 220 g/mol. The Hall–Kier alpha value is -1.09. The highest BCUT2D eigenvalue weighted by Gasteiger charge is 2.19. The van der Waals surface area contributed by atoms with Gasteiger partial charge in [-0.3, -0.25) is 4.79 Å². The highest BCUT2D eigenvalue weighted by atomic mass is 16.1. The van der Waals surface area contributed by atoms with E-state index in [0.717, 1.165) is 25.1 Å². The third-order valence-corrected chi connectivity index (χ3v) is 3.25. The Kier molecular flexibility index (Phi) is 3.78. The van der Waals surface area contributed by atoms with Crippen molar-refractivity contribution in [3.63, 3.8) is 0 Å². The molecule has 0 aliphatic heterocycles. The molecule has 3 nitrogen and oxygen atoms in total. The minimum absolute atomic E-state index is 0.0213.